The number of carbonyl (C=O) groups is 2. The molecule has 0 spiro atoms. The Balaban J connectivity index is 1.96. The lowest BCUT2D eigenvalue weighted by Crippen LogP contribution is -2.40. The van der Waals surface area contributed by atoms with E-state index in [0.717, 1.165) is 6.42 Å². The Bertz CT molecular complexity index is 726. The van der Waals surface area contributed by atoms with E-state index in [-0.39, 0.29) is 29.0 Å². The Morgan fingerprint density at radius 3 is 2.42 bits per heavy atom. The molecule has 0 saturated carbocycles. The van der Waals surface area contributed by atoms with Crippen molar-refractivity contribution >= 4 is 21.9 Å². The van der Waals surface area contributed by atoms with Crippen molar-refractivity contribution in [1.29, 1.82) is 0 Å². The highest BCUT2D eigenvalue weighted by molar-refractivity contribution is 7.89. The van der Waals surface area contributed by atoms with Gasteiger partial charge in [0.1, 0.15) is 0 Å². The summed E-state index contributed by atoms with van der Waals surface area (Å²) < 4.78 is 36.5. The number of esters is 1. The number of morpholine rings is 1. The summed E-state index contributed by atoms with van der Waals surface area (Å²) in [4.78, 5) is 23.7. The van der Waals surface area contributed by atoms with Crippen molar-refractivity contribution in [2.45, 2.75) is 31.2 Å². The minimum atomic E-state index is -3.61. The van der Waals surface area contributed by atoms with Crippen LogP contribution in [0.5, 0.6) is 0 Å². The second-order valence-corrected chi connectivity index (χ2v) is 7.93. The molecule has 0 unspecified atom stereocenters. The summed E-state index contributed by atoms with van der Waals surface area (Å²) in [6.07, 6.45) is 0.777. The van der Waals surface area contributed by atoms with Gasteiger partial charge < -0.3 is 14.8 Å². The van der Waals surface area contributed by atoms with Crippen molar-refractivity contribution in [2.75, 3.05) is 32.9 Å². The van der Waals surface area contributed by atoms with E-state index in [9.17, 15) is 18.0 Å². The molecule has 1 heterocycles. The highest BCUT2D eigenvalue weighted by Gasteiger charge is 2.26. The average molecular weight is 384 g/mol. The van der Waals surface area contributed by atoms with Gasteiger partial charge in [-0.15, -0.1) is 0 Å². The lowest BCUT2D eigenvalue weighted by molar-refractivity contribution is -0.124. The average Bonchev–Trinajstić information content (AvgIpc) is 2.66. The van der Waals surface area contributed by atoms with Crippen LogP contribution in [0.3, 0.4) is 0 Å². The molecule has 1 aliphatic rings. The fourth-order valence-corrected chi connectivity index (χ4v) is 3.74. The van der Waals surface area contributed by atoms with Gasteiger partial charge in [0.15, 0.2) is 6.61 Å². The molecule has 1 atom stereocenters. The number of hydrogen-bond donors (Lipinski definition) is 1. The zero-order valence-corrected chi connectivity index (χ0v) is 15.8. The first-order valence-corrected chi connectivity index (χ1v) is 9.93. The van der Waals surface area contributed by atoms with Crippen LogP contribution in [-0.2, 0) is 24.3 Å². The number of nitrogens with one attached hydrogen (secondary N) is 1. The Morgan fingerprint density at radius 2 is 1.85 bits per heavy atom. The van der Waals surface area contributed by atoms with Crippen molar-refractivity contribution in [3.63, 3.8) is 0 Å². The molecule has 1 N–H and O–H groups in total. The monoisotopic (exact) mass is 384 g/mol. The van der Waals surface area contributed by atoms with Gasteiger partial charge in [-0.1, -0.05) is 6.92 Å². The third-order valence-corrected chi connectivity index (χ3v) is 5.96. The topological polar surface area (TPSA) is 102 Å². The summed E-state index contributed by atoms with van der Waals surface area (Å²) in [5, 5.41) is 2.69. The second kappa shape index (κ2) is 9.11. The van der Waals surface area contributed by atoms with E-state index in [1.807, 2.05) is 13.8 Å². The van der Waals surface area contributed by atoms with Crippen LogP contribution in [-0.4, -0.2) is 63.6 Å². The van der Waals surface area contributed by atoms with Crippen LogP contribution in [0.4, 0.5) is 0 Å². The molecular formula is C17H24N2O6S. The normalized spacial score (nSPS) is 16.7. The molecule has 144 valence electrons. The van der Waals surface area contributed by atoms with E-state index in [1.165, 1.54) is 28.6 Å². The molecule has 26 heavy (non-hydrogen) atoms. The molecule has 0 aromatic heterocycles. The van der Waals surface area contributed by atoms with Crippen LogP contribution in [0, 0.1) is 0 Å². The van der Waals surface area contributed by atoms with Crippen molar-refractivity contribution < 1.29 is 27.5 Å². The van der Waals surface area contributed by atoms with Gasteiger partial charge in [0.25, 0.3) is 5.91 Å². The molecule has 0 radical (unpaired) electrons. The molecule has 1 saturated heterocycles. The molecular weight excluding hydrogens is 360 g/mol. The molecule has 1 fully saturated rings. The van der Waals surface area contributed by atoms with E-state index >= 15 is 0 Å². The highest BCUT2D eigenvalue weighted by Crippen LogP contribution is 2.18. The summed E-state index contributed by atoms with van der Waals surface area (Å²) in [6.45, 7) is 4.74. The molecule has 0 bridgehead atoms. The molecule has 1 amide bonds. The first-order chi connectivity index (χ1) is 12.3. The van der Waals surface area contributed by atoms with Gasteiger partial charge in [0, 0.05) is 19.1 Å². The quantitative estimate of drug-likeness (QED) is 0.697. The first kappa shape index (κ1) is 20.3. The van der Waals surface area contributed by atoms with Gasteiger partial charge in [-0.3, -0.25) is 4.79 Å². The maximum Gasteiger partial charge on any atom is 0.338 e. The molecule has 1 aromatic carbocycles. The summed E-state index contributed by atoms with van der Waals surface area (Å²) in [5.41, 5.74) is 0.183. The SMILES string of the molecule is CC[C@@H](C)NC(=O)COC(=O)c1ccc(S(=O)(=O)N2CCOCC2)cc1. The van der Waals surface area contributed by atoms with Crippen LogP contribution < -0.4 is 5.32 Å². The van der Waals surface area contributed by atoms with Crippen LogP contribution in [0.15, 0.2) is 29.2 Å². The van der Waals surface area contributed by atoms with E-state index < -0.39 is 16.0 Å². The van der Waals surface area contributed by atoms with Crippen molar-refractivity contribution in [2.24, 2.45) is 0 Å². The molecule has 1 aromatic rings. The summed E-state index contributed by atoms with van der Waals surface area (Å²) in [5.74, 6) is -1.06. The minimum Gasteiger partial charge on any atom is -0.452 e. The molecule has 8 nitrogen and oxygen atoms in total. The molecule has 9 heteroatoms. The van der Waals surface area contributed by atoms with Crippen LogP contribution >= 0.6 is 0 Å². The minimum absolute atomic E-state index is 0.00544. The lowest BCUT2D eigenvalue weighted by Gasteiger charge is -2.26. The molecule has 2 rings (SSSR count). The van der Waals surface area contributed by atoms with Crippen molar-refractivity contribution in [3.05, 3.63) is 29.8 Å². The summed E-state index contributed by atoms with van der Waals surface area (Å²) in [6, 6.07) is 5.48. The van der Waals surface area contributed by atoms with E-state index in [2.05, 4.69) is 5.32 Å². The fraction of sp³-hybridized carbons (Fsp3) is 0.529. The number of carbonyl (C=O) groups excluding carboxylic acids is 2. The predicted octanol–water partition coefficient (Wildman–Crippen LogP) is 0.779. The number of ether oxygens (including phenoxy) is 2. The first-order valence-electron chi connectivity index (χ1n) is 8.49. The standard InChI is InChI=1S/C17H24N2O6S/c1-3-13(2)18-16(20)12-25-17(21)14-4-6-15(7-5-14)26(22,23)19-8-10-24-11-9-19/h4-7,13H,3,8-12H2,1-2H3,(H,18,20)/t13-/m1/s1. The van der Waals surface area contributed by atoms with Gasteiger partial charge >= 0.3 is 5.97 Å². The Labute approximate surface area is 153 Å². The number of nitrogens with zero attached hydrogens (tertiary/aromatic N) is 1. The third kappa shape index (κ3) is 5.26. The lowest BCUT2D eigenvalue weighted by atomic mass is 10.2. The fourth-order valence-electron chi connectivity index (χ4n) is 2.33. The second-order valence-electron chi connectivity index (χ2n) is 5.99. The number of rotatable bonds is 7. The Morgan fingerprint density at radius 1 is 1.23 bits per heavy atom. The summed E-state index contributed by atoms with van der Waals surface area (Å²) in [7, 11) is -3.61. The van der Waals surface area contributed by atoms with Crippen LogP contribution in [0.25, 0.3) is 0 Å². The van der Waals surface area contributed by atoms with Crippen molar-refractivity contribution in [1.82, 2.24) is 9.62 Å². The smallest absolute Gasteiger partial charge is 0.338 e. The van der Waals surface area contributed by atoms with Gasteiger partial charge in [0.2, 0.25) is 10.0 Å². The molecule has 1 aliphatic heterocycles. The zero-order valence-electron chi connectivity index (χ0n) is 14.9. The maximum atomic E-state index is 12.5. The molecule has 0 aliphatic carbocycles. The van der Waals surface area contributed by atoms with Crippen LogP contribution in [0.2, 0.25) is 0 Å². The van der Waals surface area contributed by atoms with Gasteiger partial charge in [-0.2, -0.15) is 4.31 Å². The maximum absolute atomic E-state index is 12.5. The third-order valence-electron chi connectivity index (χ3n) is 4.05. The summed E-state index contributed by atoms with van der Waals surface area (Å²) >= 11 is 0. The van der Waals surface area contributed by atoms with Crippen LogP contribution in [0.1, 0.15) is 30.6 Å². The number of hydrogen-bond acceptors (Lipinski definition) is 6. The number of sulfonamides is 1. The number of benzene rings is 1. The van der Waals surface area contributed by atoms with Crippen molar-refractivity contribution in [3.8, 4) is 0 Å². The highest BCUT2D eigenvalue weighted by atomic mass is 32.2. The van der Waals surface area contributed by atoms with Gasteiger partial charge in [-0.05, 0) is 37.6 Å². The predicted molar refractivity (Wildman–Crippen MR) is 94.2 cm³/mol. The number of amides is 1. The zero-order chi connectivity index (χ0) is 19.2. The Kier molecular flexibility index (Phi) is 7.13. The Hall–Kier alpha value is -1.97. The van der Waals surface area contributed by atoms with E-state index in [0.29, 0.717) is 26.3 Å². The largest absolute Gasteiger partial charge is 0.452 e. The van der Waals surface area contributed by atoms with E-state index in [1.54, 1.807) is 0 Å². The van der Waals surface area contributed by atoms with Gasteiger partial charge in [-0.25, -0.2) is 13.2 Å². The van der Waals surface area contributed by atoms with E-state index in [4.69, 9.17) is 9.47 Å². The van der Waals surface area contributed by atoms with Gasteiger partial charge in [0.05, 0.1) is 23.7 Å².